The first-order valence-electron chi connectivity index (χ1n) is 12.2. The first-order valence-corrected chi connectivity index (χ1v) is 13.8. The molecule has 0 aromatic carbocycles. The Labute approximate surface area is 194 Å². The Bertz CT molecular complexity index is 567. The molecule has 0 saturated carbocycles. The highest BCUT2D eigenvalue weighted by Crippen LogP contribution is 2.38. The molecule has 9 nitrogen and oxygen atoms in total. The van der Waals surface area contributed by atoms with Gasteiger partial charge in [0, 0.05) is 6.54 Å². The van der Waals surface area contributed by atoms with Gasteiger partial charge < -0.3 is 21.7 Å². The van der Waals surface area contributed by atoms with Gasteiger partial charge in [0.05, 0.1) is 0 Å². The van der Waals surface area contributed by atoms with Crippen LogP contribution < -0.4 is 17.2 Å². The Balaban J connectivity index is 4.06. The monoisotopic (exact) mass is 478 g/mol. The quantitative estimate of drug-likeness (QED) is 0.0704. The van der Waals surface area contributed by atoms with Crippen LogP contribution in [0.2, 0.25) is 0 Å². The summed E-state index contributed by atoms with van der Waals surface area (Å²) in [7, 11) is -4.94. The van der Waals surface area contributed by atoms with Gasteiger partial charge in [-0.15, -0.1) is 0 Å². The van der Waals surface area contributed by atoms with Gasteiger partial charge in [-0.05, 0) is 19.3 Å². The predicted octanol–water partition coefficient (Wildman–Crippen LogP) is 4.24. The second-order valence-electron chi connectivity index (χ2n) is 8.78. The summed E-state index contributed by atoms with van der Waals surface area (Å²) >= 11 is 0. The molecular weight excluding hydrogens is 431 g/mol. The summed E-state index contributed by atoms with van der Waals surface area (Å²) in [5, 5.41) is 0. The molecule has 0 bridgehead atoms. The van der Waals surface area contributed by atoms with E-state index in [1.807, 2.05) is 0 Å². The molecule has 0 spiro atoms. The molecule has 0 amide bonds. The summed E-state index contributed by atoms with van der Waals surface area (Å²) < 4.78 is 15.3. The van der Waals surface area contributed by atoms with Gasteiger partial charge in [-0.3, -0.25) is 14.8 Å². The minimum atomic E-state index is -4.94. The number of hydrogen-bond acceptors (Lipinski definition) is 5. The van der Waals surface area contributed by atoms with E-state index in [9.17, 15) is 9.36 Å². The molecule has 0 radical (unpaired) electrons. The van der Waals surface area contributed by atoms with Crippen molar-refractivity contribution in [2.75, 3.05) is 6.54 Å². The third-order valence-electron chi connectivity index (χ3n) is 5.66. The Morgan fingerprint density at radius 1 is 0.812 bits per heavy atom. The van der Waals surface area contributed by atoms with Crippen LogP contribution in [0.1, 0.15) is 116 Å². The fourth-order valence-electron chi connectivity index (χ4n) is 3.77. The van der Waals surface area contributed by atoms with Crippen molar-refractivity contribution in [3.8, 4) is 0 Å². The lowest BCUT2D eigenvalue weighted by molar-refractivity contribution is -0.142. The summed E-state index contributed by atoms with van der Waals surface area (Å²) in [5.74, 6) is -1.14. The average molecular weight is 479 g/mol. The molecule has 0 saturated heterocycles. The van der Waals surface area contributed by atoms with Crippen LogP contribution in [0.5, 0.6) is 0 Å². The molecule has 190 valence electrons. The highest BCUT2D eigenvalue weighted by Gasteiger charge is 2.38. The van der Waals surface area contributed by atoms with Crippen LogP contribution in [-0.4, -0.2) is 33.8 Å². The number of aliphatic imine (C=N–C) groups is 1. The summed E-state index contributed by atoms with van der Waals surface area (Å²) in [4.78, 5) is 34.0. The molecule has 0 rings (SSSR count). The van der Waals surface area contributed by atoms with E-state index in [0.717, 1.165) is 19.3 Å². The first kappa shape index (κ1) is 30.9. The number of phosphoric acid groups is 1. The topological polar surface area (TPSA) is 174 Å². The number of carbonyl (C=O) groups excluding carboxylic acids is 1. The fourth-order valence-corrected chi connectivity index (χ4v) is 4.16. The lowest BCUT2D eigenvalue weighted by Crippen LogP contribution is -2.48. The molecule has 0 aliphatic heterocycles. The summed E-state index contributed by atoms with van der Waals surface area (Å²) in [6, 6.07) is 0. The number of hydrogen-bond donors (Lipinski definition) is 5. The van der Waals surface area contributed by atoms with Gasteiger partial charge >= 0.3 is 13.8 Å². The Hall–Kier alpha value is -1.15. The van der Waals surface area contributed by atoms with Crippen molar-refractivity contribution in [1.82, 2.24) is 0 Å². The van der Waals surface area contributed by atoms with E-state index in [0.29, 0.717) is 19.3 Å². The van der Waals surface area contributed by atoms with Crippen molar-refractivity contribution in [3.05, 3.63) is 0 Å². The predicted molar refractivity (Wildman–Crippen MR) is 130 cm³/mol. The smallest absolute Gasteiger partial charge is 0.370 e. The number of phosphoric ester groups is 1. The summed E-state index contributed by atoms with van der Waals surface area (Å²) in [5.41, 5.74) is 15.3. The van der Waals surface area contributed by atoms with Crippen molar-refractivity contribution in [2.45, 2.75) is 122 Å². The van der Waals surface area contributed by atoms with E-state index in [2.05, 4.69) is 16.4 Å². The molecule has 0 aliphatic carbocycles. The zero-order valence-corrected chi connectivity index (χ0v) is 20.9. The van der Waals surface area contributed by atoms with E-state index >= 15 is 0 Å². The zero-order chi connectivity index (χ0) is 24.3. The van der Waals surface area contributed by atoms with Crippen molar-refractivity contribution < 1.29 is 23.7 Å². The van der Waals surface area contributed by atoms with Gasteiger partial charge in [0.1, 0.15) is 5.54 Å². The number of nitrogens with zero attached hydrogens (tertiary/aromatic N) is 1. The minimum absolute atomic E-state index is 0.0580. The van der Waals surface area contributed by atoms with E-state index in [4.69, 9.17) is 27.0 Å². The maximum atomic E-state index is 12.2. The lowest BCUT2D eigenvalue weighted by Gasteiger charge is -2.27. The highest BCUT2D eigenvalue weighted by atomic mass is 31.2. The van der Waals surface area contributed by atoms with Gasteiger partial charge in [0.2, 0.25) is 0 Å². The molecule has 0 aliphatic rings. The van der Waals surface area contributed by atoms with Crippen LogP contribution >= 0.6 is 7.82 Å². The van der Waals surface area contributed by atoms with Gasteiger partial charge in [-0.2, -0.15) is 0 Å². The largest absolute Gasteiger partial charge is 0.527 e. The second-order valence-corrected chi connectivity index (χ2v) is 9.95. The Morgan fingerprint density at radius 3 is 1.62 bits per heavy atom. The molecule has 32 heavy (non-hydrogen) atoms. The van der Waals surface area contributed by atoms with E-state index in [1.54, 1.807) is 0 Å². The molecule has 0 aromatic rings. The van der Waals surface area contributed by atoms with Crippen molar-refractivity contribution in [2.24, 2.45) is 22.2 Å². The maximum Gasteiger partial charge on any atom is 0.527 e. The second kappa shape index (κ2) is 18.3. The zero-order valence-electron chi connectivity index (χ0n) is 20.0. The highest BCUT2D eigenvalue weighted by molar-refractivity contribution is 7.46. The number of unbranched alkanes of at least 4 members (excludes halogenated alkanes) is 13. The van der Waals surface area contributed by atoms with Crippen LogP contribution in [0.3, 0.4) is 0 Å². The van der Waals surface area contributed by atoms with Crippen LogP contribution in [0.15, 0.2) is 4.99 Å². The van der Waals surface area contributed by atoms with Crippen molar-refractivity contribution >= 4 is 19.8 Å². The molecule has 8 N–H and O–H groups in total. The molecule has 0 aromatic heterocycles. The average Bonchev–Trinajstić information content (AvgIpc) is 2.70. The van der Waals surface area contributed by atoms with Crippen molar-refractivity contribution in [1.29, 1.82) is 0 Å². The standard InChI is InChI=1S/C22H47N4O5P/c1-2-3-4-5-6-7-8-9-10-11-12-13-14-15-17-22(25,18-16-19-26-21(23)24)20(27)31-32(28,29)30/h2-19,25H2,1H3,(H4,23,24,26)(H2,28,29,30)/t22-/m0/s1. The third kappa shape index (κ3) is 18.4. The maximum absolute atomic E-state index is 12.2. The van der Waals surface area contributed by atoms with Crippen LogP contribution in [-0.2, 0) is 13.9 Å². The van der Waals surface area contributed by atoms with Gasteiger partial charge in [0.15, 0.2) is 5.96 Å². The number of rotatable bonds is 21. The molecule has 0 heterocycles. The number of carbonyl (C=O) groups is 1. The van der Waals surface area contributed by atoms with E-state index in [-0.39, 0.29) is 18.9 Å². The normalized spacial score (nSPS) is 13.5. The van der Waals surface area contributed by atoms with Crippen molar-refractivity contribution in [3.63, 3.8) is 0 Å². The lowest BCUT2D eigenvalue weighted by atomic mass is 9.88. The first-order chi connectivity index (χ1) is 15.1. The van der Waals surface area contributed by atoms with Gasteiger partial charge in [-0.1, -0.05) is 96.8 Å². The molecule has 1 atom stereocenters. The van der Waals surface area contributed by atoms with Crippen LogP contribution in [0, 0.1) is 0 Å². The SMILES string of the molecule is CCCCCCCCCCCCCCCC[C@](N)(CCCN=C(N)N)C(=O)OP(=O)(O)O. The molecule has 0 unspecified atom stereocenters. The minimum Gasteiger partial charge on any atom is -0.370 e. The molecule has 10 heteroatoms. The van der Waals surface area contributed by atoms with Gasteiger partial charge in [-0.25, -0.2) is 9.36 Å². The van der Waals surface area contributed by atoms with E-state index < -0.39 is 19.3 Å². The van der Waals surface area contributed by atoms with Gasteiger partial charge in [0.25, 0.3) is 0 Å². The van der Waals surface area contributed by atoms with Crippen LogP contribution in [0.4, 0.5) is 0 Å². The van der Waals surface area contributed by atoms with Crippen LogP contribution in [0.25, 0.3) is 0 Å². The summed E-state index contributed by atoms with van der Waals surface area (Å²) in [6.07, 6.45) is 17.9. The summed E-state index contributed by atoms with van der Waals surface area (Å²) in [6.45, 7) is 2.52. The Morgan fingerprint density at radius 2 is 1.22 bits per heavy atom. The molecule has 0 fully saturated rings. The number of nitrogens with two attached hydrogens (primary N) is 3. The number of guanidine groups is 1. The molecular formula is C22H47N4O5P. The van der Waals surface area contributed by atoms with E-state index in [1.165, 1.54) is 64.2 Å². The fraction of sp³-hybridized carbons (Fsp3) is 0.909. The Kier molecular flexibility index (Phi) is 17.6. The third-order valence-corrected chi connectivity index (χ3v) is 6.06.